The highest BCUT2D eigenvalue weighted by Gasteiger charge is 2.45. The van der Waals surface area contributed by atoms with Crippen molar-refractivity contribution in [3.8, 4) is 23.0 Å². The molecule has 2 bridgehead atoms. The third-order valence-corrected chi connectivity index (χ3v) is 15.1. The Morgan fingerprint density at radius 2 is 1.65 bits per heavy atom. The second kappa shape index (κ2) is 21.7. The molecule has 3 aromatic heterocycles. The molecule has 0 aliphatic carbocycles. The fourth-order valence-corrected chi connectivity index (χ4v) is 11.7. The van der Waals surface area contributed by atoms with Crippen molar-refractivity contribution in [2.75, 3.05) is 90.3 Å². The SMILES string of the molecule is CCc1cccc2cc(OCOC)cc(-c3ncc4c(N5CC6CCC(C5)N6C(=O)OC(C)(C)C)nc(OC)nc4c3F)c12.COC(=O)C(c1cc(N2CCN(CC3CCC4CCCN43)CC2)no1)C(C)C. The van der Waals surface area contributed by atoms with Gasteiger partial charge in [-0.15, -0.1) is 0 Å². The van der Waals surface area contributed by atoms with Crippen molar-refractivity contribution in [1.29, 1.82) is 0 Å². The van der Waals surface area contributed by atoms with E-state index in [0.717, 1.165) is 79.7 Å². The number of aryl methyl sites for hydroxylation is 1. The maximum absolute atomic E-state index is 16.7. The second-order valence-corrected chi connectivity index (χ2v) is 21.2. The van der Waals surface area contributed by atoms with E-state index in [1.807, 2.05) is 69.9 Å². The fourth-order valence-electron chi connectivity index (χ4n) is 11.7. The third kappa shape index (κ3) is 10.6. The maximum Gasteiger partial charge on any atom is 0.410 e. The van der Waals surface area contributed by atoms with E-state index in [9.17, 15) is 9.59 Å². The topological polar surface area (TPSA) is 161 Å². The summed E-state index contributed by atoms with van der Waals surface area (Å²) in [5.74, 6) is 1.38. The van der Waals surface area contributed by atoms with Gasteiger partial charge in [0.2, 0.25) is 0 Å². The summed E-state index contributed by atoms with van der Waals surface area (Å²) < 4.78 is 49.2. The Morgan fingerprint density at radius 3 is 2.33 bits per heavy atom. The van der Waals surface area contributed by atoms with E-state index in [-0.39, 0.29) is 54.1 Å². The summed E-state index contributed by atoms with van der Waals surface area (Å²) in [5.41, 5.74) is 1.37. The van der Waals surface area contributed by atoms with Gasteiger partial charge >= 0.3 is 18.1 Å². The van der Waals surface area contributed by atoms with Crippen molar-refractivity contribution in [3.63, 3.8) is 0 Å². The highest BCUT2D eigenvalue weighted by Crippen LogP contribution is 2.41. The Bertz CT molecular complexity index is 2710. The first kappa shape index (κ1) is 51.1. The summed E-state index contributed by atoms with van der Waals surface area (Å²) in [7, 11) is 4.44. The summed E-state index contributed by atoms with van der Waals surface area (Å²) in [4.78, 5) is 50.5. The van der Waals surface area contributed by atoms with Crippen LogP contribution in [-0.2, 0) is 25.4 Å². The molecular formula is C54H72FN9O8. The number of benzene rings is 2. The maximum atomic E-state index is 16.7. The van der Waals surface area contributed by atoms with Crippen molar-refractivity contribution < 1.29 is 42.2 Å². The number of carbonyl (C=O) groups excluding carboxylic acids is 2. The largest absolute Gasteiger partial charge is 0.468 e. The predicted molar refractivity (Wildman–Crippen MR) is 273 cm³/mol. The van der Waals surface area contributed by atoms with E-state index in [1.165, 1.54) is 53.0 Å². The normalized spacial score (nSPS) is 21.8. The number of amides is 1. The van der Waals surface area contributed by atoms with Gasteiger partial charge in [0.25, 0.3) is 0 Å². The summed E-state index contributed by atoms with van der Waals surface area (Å²) in [6.45, 7) is 19.3. The number of esters is 1. The number of methoxy groups -OCH3 is 3. The number of fused-ring (bicyclic) bond motifs is 5. The van der Waals surface area contributed by atoms with Crippen LogP contribution in [0.1, 0.15) is 97.3 Å². The molecule has 5 fully saturated rings. The lowest BCUT2D eigenvalue weighted by atomic mass is 9.93. The van der Waals surface area contributed by atoms with Crippen molar-refractivity contribution >= 4 is 45.4 Å². The lowest BCUT2D eigenvalue weighted by Crippen LogP contribution is -2.57. The van der Waals surface area contributed by atoms with E-state index in [1.54, 1.807) is 19.4 Å². The Kier molecular flexibility index (Phi) is 15.4. The standard InChI is InChI=1S/C33H38FN5O5.C21H34N4O3/c1-7-19-9-8-10-20-13-23(43-18-41-5)14-24(26(19)20)28-27(34)29-25(15-35-28)30(37-31(36-29)42-6)38-16-21-11-12-22(17-38)39(21)32(40)44-33(2,3)4;1-15(2)20(21(26)27-3)18-13-19(22-28-18)24-11-9-23(10-12-24)14-17-7-6-16-5-4-8-25(16)17/h8-10,13-15,21-22H,7,11-12,16-18H2,1-6H3;13,15-17,20H,4-12,14H2,1-3H3. The molecule has 17 nitrogen and oxygen atoms in total. The fraction of sp³-hybridized carbons (Fsp3) is 0.593. The average Bonchev–Trinajstić information content (AvgIpc) is 4.18. The highest BCUT2D eigenvalue weighted by molar-refractivity contribution is 6.01. The first-order valence-electron chi connectivity index (χ1n) is 25.8. The van der Waals surface area contributed by atoms with Crippen LogP contribution >= 0.6 is 0 Å². The van der Waals surface area contributed by atoms with Gasteiger partial charge in [-0.1, -0.05) is 44.1 Å². The van der Waals surface area contributed by atoms with E-state index in [0.29, 0.717) is 41.4 Å². The van der Waals surface area contributed by atoms with Gasteiger partial charge in [-0.05, 0) is 107 Å². The quantitative estimate of drug-likeness (QED) is 0.0815. The minimum absolute atomic E-state index is 0.0506. The van der Waals surface area contributed by atoms with Gasteiger partial charge in [0.1, 0.15) is 34.3 Å². The van der Waals surface area contributed by atoms with E-state index in [4.69, 9.17) is 28.2 Å². The monoisotopic (exact) mass is 994 g/mol. The summed E-state index contributed by atoms with van der Waals surface area (Å²) in [5, 5.41) is 6.54. The van der Waals surface area contributed by atoms with Crippen molar-refractivity contribution in [2.24, 2.45) is 5.92 Å². The zero-order chi connectivity index (χ0) is 50.8. The lowest BCUT2D eigenvalue weighted by Gasteiger charge is -2.42. The number of hydrogen-bond acceptors (Lipinski definition) is 16. The van der Waals surface area contributed by atoms with Crippen LogP contribution < -0.4 is 19.3 Å². The average molecular weight is 994 g/mol. The Balaban J connectivity index is 0.000000196. The third-order valence-electron chi connectivity index (χ3n) is 15.1. The van der Waals surface area contributed by atoms with Crippen LogP contribution in [0.3, 0.4) is 0 Å². The molecule has 18 heteroatoms. The van der Waals surface area contributed by atoms with Crippen molar-refractivity contribution in [3.05, 3.63) is 59.7 Å². The first-order chi connectivity index (χ1) is 34.7. The van der Waals surface area contributed by atoms with E-state index in [2.05, 4.69) is 46.6 Å². The predicted octanol–water partition coefficient (Wildman–Crippen LogP) is 8.46. The van der Waals surface area contributed by atoms with Crippen LogP contribution in [0.4, 0.5) is 20.8 Å². The summed E-state index contributed by atoms with van der Waals surface area (Å²) in [6.07, 6.45) is 9.34. The number of rotatable bonds is 13. The number of pyridine rings is 1. The van der Waals surface area contributed by atoms with Crippen molar-refractivity contribution in [2.45, 2.75) is 122 Å². The number of halogens is 1. The van der Waals surface area contributed by atoms with Crippen LogP contribution in [0, 0.1) is 11.7 Å². The number of hydrogen-bond donors (Lipinski definition) is 0. The number of nitrogens with zero attached hydrogens (tertiary/aromatic N) is 9. The Hall–Kier alpha value is -5.85. The molecule has 72 heavy (non-hydrogen) atoms. The van der Waals surface area contributed by atoms with Crippen LogP contribution in [0.2, 0.25) is 0 Å². The molecule has 5 atom stereocenters. The van der Waals surface area contributed by atoms with Gasteiger partial charge in [-0.3, -0.25) is 24.5 Å². The molecular weight excluding hydrogens is 922 g/mol. The molecule has 5 saturated heterocycles. The van der Waals surface area contributed by atoms with Gasteiger partial charge in [0.15, 0.2) is 24.2 Å². The molecule has 0 N–H and O–H groups in total. The van der Waals surface area contributed by atoms with Gasteiger partial charge in [-0.25, -0.2) is 9.18 Å². The highest BCUT2D eigenvalue weighted by atomic mass is 19.1. The molecule has 5 aliphatic rings. The van der Waals surface area contributed by atoms with Gasteiger partial charge < -0.3 is 38.0 Å². The van der Waals surface area contributed by atoms with Crippen LogP contribution in [0.25, 0.3) is 32.9 Å². The molecule has 5 aromatic rings. The summed E-state index contributed by atoms with van der Waals surface area (Å²) in [6, 6.07) is 13.2. The minimum Gasteiger partial charge on any atom is -0.468 e. The van der Waals surface area contributed by atoms with Gasteiger partial charge in [-0.2, -0.15) is 9.97 Å². The summed E-state index contributed by atoms with van der Waals surface area (Å²) >= 11 is 0. The Morgan fingerprint density at radius 1 is 0.903 bits per heavy atom. The molecule has 388 valence electrons. The molecule has 8 heterocycles. The van der Waals surface area contributed by atoms with Crippen molar-refractivity contribution in [1.82, 2.24) is 34.8 Å². The van der Waals surface area contributed by atoms with E-state index < -0.39 is 17.3 Å². The molecule has 1 amide bonds. The molecule has 5 unspecified atom stereocenters. The van der Waals surface area contributed by atoms with Crippen LogP contribution in [-0.4, -0.2) is 157 Å². The molecule has 5 aliphatic heterocycles. The van der Waals surface area contributed by atoms with Gasteiger partial charge in [0, 0.05) is 82.8 Å². The number of aromatic nitrogens is 4. The minimum atomic E-state index is -0.580. The number of carbonyl (C=O) groups is 2. The van der Waals surface area contributed by atoms with Crippen LogP contribution in [0.15, 0.2) is 47.1 Å². The molecule has 2 aromatic carbocycles. The van der Waals surface area contributed by atoms with Crippen LogP contribution in [0.5, 0.6) is 11.8 Å². The van der Waals surface area contributed by atoms with Gasteiger partial charge in [0.05, 0.1) is 31.7 Å². The smallest absolute Gasteiger partial charge is 0.410 e. The number of anilines is 2. The zero-order valence-electron chi connectivity index (χ0n) is 43.5. The molecule has 0 radical (unpaired) electrons. The molecule has 10 rings (SSSR count). The zero-order valence-corrected chi connectivity index (χ0v) is 43.5. The second-order valence-electron chi connectivity index (χ2n) is 21.2. The lowest BCUT2D eigenvalue weighted by molar-refractivity contribution is -0.144. The number of ether oxygens (including phenoxy) is 5. The number of piperazine rings is 2. The van der Waals surface area contributed by atoms with E-state index >= 15 is 4.39 Å². The first-order valence-corrected chi connectivity index (χ1v) is 25.8. The molecule has 0 saturated carbocycles. The molecule has 0 spiro atoms. The Labute approximate surface area is 422 Å².